The van der Waals surface area contributed by atoms with E-state index in [1.165, 1.54) is 0 Å². The summed E-state index contributed by atoms with van der Waals surface area (Å²) in [5.41, 5.74) is 0. The zero-order valence-corrected chi connectivity index (χ0v) is 8.67. The van der Waals surface area contributed by atoms with E-state index in [9.17, 15) is 4.79 Å². The number of likely N-dealkylation sites (tertiary alicyclic amines) is 1. The maximum atomic E-state index is 11.4. The number of urea groups is 1. The molecule has 0 radical (unpaired) electrons. The zero-order chi connectivity index (χ0) is 10.2. The molecule has 1 rings (SSSR count). The van der Waals surface area contributed by atoms with Crippen molar-refractivity contribution in [3.05, 3.63) is 0 Å². The average Bonchev–Trinajstić information content (AvgIpc) is 2.70. The van der Waals surface area contributed by atoms with E-state index in [4.69, 9.17) is 5.11 Å². The number of aliphatic hydroxyl groups excluding tert-OH is 1. The van der Waals surface area contributed by atoms with Crippen molar-refractivity contribution >= 4 is 6.03 Å². The summed E-state index contributed by atoms with van der Waals surface area (Å²) in [5, 5.41) is 11.4. The summed E-state index contributed by atoms with van der Waals surface area (Å²) < 4.78 is 0. The van der Waals surface area contributed by atoms with Crippen LogP contribution in [-0.4, -0.2) is 42.3 Å². The van der Waals surface area contributed by atoms with Gasteiger partial charge in [0.2, 0.25) is 0 Å². The van der Waals surface area contributed by atoms with Gasteiger partial charge in [-0.1, -0.05) is 0 Å². The fourth-order valence-corrected chi connectivity index (χ4v) is 1.64. The molecule has 2 N–H and O–H groups in total. The van der Waals surface area contributed by atoms with Crippen LogP contribution in [0.25, 0.3) is 0 Å². The second-order valence-corrected chi connectivity index (χ2v) is 3.71. The van der Waals surface area contributed by atoms with E-state index in [1.807, 2.05) is 4.90 Å². The molecule has 0 atom stereocenters. The van der Waals surface area contributed by atoms with Crippen LogP contribution in [0.3, 0.4) is 0 Å². The van der Waals surface area contributed by atoms with E-state index in [0.29, 0.717) is 0 Å². The highest BCUT2D eigenvalue weighted by atomic mass is 16.2. The highest BCUT2D eigenvalue weighted by Crippen LogP contribution is 2.06. The predicted molar refractivity (Wildman–Crippen MR) is 55.1 cm³/mol. The topological polar surface area (TPSA) is 52.6 Å². The molecular formula is C10H20N2O2. The smallest absolute Gasteiger partial charge is 0.317 e. The van der Waals surface area contributed by atoms with Gasteiger partial charge < -0.3 is 15.3 Å². The third-order valence-electron chi connectivity index (χ3n) is 2.50. The van der Waals surface area contributed by atoms with Crippen LogP contribution < -0.4 is 5.32 Å². The number of unbranched alkanes of at least 4 members (excludes halogenated alkanes) is 2. The minimum Gasteiger partial charge on any atom is -0.396 e. The lowest BCUT2D eigenvalue weighted by atomic mass is 10.2. The standard InChI is InChI=1S/C10H20N2O2/c13-9-5-1-2-6-11-10(14)12-7-3-4-8-12/h13H,1-9H2,(H,11,14). The van der Waals surface area contributed by atoms with Gasteiger partial charge in [-0.3, -0.25) is 0 Å². The summed E-state index contributed by atoms with van der Waals surface area (Å²) in [6.45, 7) is 2.79. The average molecular weight is 200 g/mol. The molecule has 1 aliphatic heterocycles. The molecule has 0 spiro atoms. The first-order valence-electron chi connectivity index (χ1n) is 5.48. The predicted octanol–water partition coefficient (Wildman–Crippen LogP) is 0.954. The van der Waals surface area contributed by atoms with Gasteiger partial charge in [0.15, 0.2) is 0 Å². The number of nitrogens with zero attached hydrogens (tertiary/aromatic N) is 1. The Bertz CT molecular complexity index is 168. The number of carbonyl (C=O) groups is 1. The van der Waals surface area contributed by atoms with Gasteiger partial charge in [0, 0.05) is 26.2 Å². The van der Waals surface area contributed by atoms with Crippen LogP contribution in [0.4, 0.5) is 4.79 Å². The number of hydrogen-bond acceptors (Lipinski definition) is 2. The lowest BCUT2D eigenvalue weighted by Gasteiger charge is -2.15. The van der Waals surface area contributed by atoms with E-state index < -0.39 is 0 Å². The fraction of sp³-hybridized carbons (Fsp3) is 0.900. The Kier molecular flexibility index (Phi) is 5.37. The number of carbonyl (C=O) groups excluding carboxylic acids is 1. The number of hydrogen-bond donors (Lipinski definition) is 2. The first-order valence-corrected chi connectivity index (χ1v) is 5.48. The third kappa shape index (κ3) is 3.96. The molecule has 1 saturated heterocycles. The van der Waals surface area contributed by atoms with Crippen LogP contribution in [0.2, 0.25) is 0 Å². The summed E-state index contributed by atoms with van der Waals surface area (Å²) in [6.07, 6.45) is 5.05. The number of rotatable bonds is 5. The second-order valence-electron chi connectivity index (χ2n) is 3.71. The second kappa shape index (κ2) is 6.65. The SMILES string of the molecule is O=C(NCCCCCO)N1CCCC1. The molecule has 82 valence electrons. The van der Waals surface area contributed by atoms with E-state index in [-0.39, 0.29) is 12.6 Å². The number of nitrogens with one attached hydrogen (secondary N) is 1. The highest BCUT2D eigenvalue weighted by Gasteiger charge is 2.16. The summed E-state index contributed by atoms with van der Waals surface area (Å²) in [5.74, 6) is 0. The molecule has 4 heteroatoms. The maximum Gasteiger partial charge on any atom is 0.317 e. The van der Waals surface area contributed by atoms with Crippen LogP contribution >= 0.6 is 0 Å². The van der Waals surface area contributed by atoms with Gasteiger partial charge in [-0.15, -0.1) is 0 Å². The van der Waals surface area contributed by atoms with Crippen LogP contribution in [0.15, 0.2) is 0 Å². The zero-order valence-electron chi connectivity index (χ0n) is 8.67. The number of amides is 2. The molecule has 0 bridgehead atoms. The summed E-state index contributed by atoms with van der Waals surface area (Å²) in [7, 11) is 0. The minimum atomic E-state index is 0.0755. The van der Waals surface area contributed by atoms with Crippen molar-refractivity contribution in [2.45, 2.75) is 32.1 Å². The molecule has 1 aliphatic rings. The van der Waals surface area contributed by atoms with E-state index >= 15 is 0 Å². The largest absolute Gasteiger partial charge is 0.396 e. The maximum absolute atomic E-state index is 11.4. The van der Waals surface area contributed by atoms with E-state index in [0.717, 1.165) is 51.7 Å². The Morgan fingerprint density at radius 1 is 1.21 bits per heavy atom. The monoisotopic (exact) mass is 200 g/mol. The Morgan fingerprint density at radius 3 is 2.57 bits per heavy atom. The van der Waals surface area contributed by atoms with Crippen molar-refractivity contribution in [1.29, 1.82) is 0 Å². The van der Waals surface area contributed by atoms with Gasteiger partial charge >= 0.3 is 6.03 Å². The quantitative estimate of drug-likeness (QED) is 0.649. The summed E-state index contributed by atoms with van der Waals surface area (Å²) in [4.78, 5) is 13.3. The molecule has 4 nitrogen and oxygen atoms in total. The first kappa shape index (κ1) is 11.3. The van der Waals surface area contributed by atoms with Crippen molar-refractivity contribution in [2.75, 3.05) is 26.2 Å². The van der Waals surface area contributed by atoms with Crippen LogP contribution in [-0.2, 0) is 0 Å². The summed E-state index contributed by atoms with van der Waals surface area (Å²) >= 11 is 0. The molecule has 2 amide bonds. The Labute approximate surface area is 85.3 Å². The van der Waals surface area contributed by atoms with Gasteiger partial charge in [0.1, 0.15) is 0 Å². The molecule has 0 unspecified atom stereocenters. The Hall–Kier alpha value is -0.770. The molecule has 0 saturated carbocycles. The third-order valence-corrected chi connectivity index (χ3v) is 2.50. The van der Waals surface area contributed by atoms with Crippen molar-refractivity contribution in [1.82, 2.24) is 10.2 Å². The van der Waals surface area contributed by atoms with Gasteiger partial charge in [-0.25, -0.2) is 4.79 Å². The molecule has 0 aromatic rings. The molecule has 1 fully saturated rings. The van der Waals surface area contributed by atoms with Crippen molar-refractivity contribution < 1.29 is 9.90 Å². The van der Waals surface area contributed by atoms with Crippen molar-refractivity contribution in [3.63, 3.8) is 0 Å². The molecule has 0 aromatic heterocycles. The summed E-state index contributed by atoms with van der Waals surface area (Å²) in [6, 6.07) is 0.0755. The fourth-order valence-electron chi connectivity index (χ4n) is 1.64. The normalized spacial score (nSPS) is 15.9. The number of aliphatic hydroxyl groups is 1. The van der Waals surface area contributed by atoms with Gasteiger partial charge in [-0.05, 0) is 32.1 Å². The van der Waals surface area contributed by atoms with Crippen molar-refractivity contribution in [2.24, 2.45) is 0 Å². The Balaban J connectivity index is 1.97. The molecule has 14 heavy (non-hydrogen) atoms. The first-order chi connectivity index (χ1) is 6.84. The Morgan fingerprint density at radius 2 is 1.93 bits per heavy atom. The lowest BCUT2D eigenvalue weighted by Crippen LogP contribution is -2.38. The van der Waals surface area contributed by atoms with Gasteiger partial charge in [0.05, 0.1) is 0 Å². The molecule has 0 aromatic carbocycles. The minimum absolute atomic E-state index is 0.0755. The molecular weight excluding hydrogens is 180 g/mol. The van der Waals surface area contributed by atoms with Crippen molar-refractivity contribution in [3.8, 4) is 0 Å². The van der Waals surface area contributed by atoms with E-state index in [2.05, 4.69) is 5.32 Å². The van der Waals surface area contributed by atoms with Crippen LogP contribution in [0, 0.1) is 0 Å². The van der Waals surface area contributed by atoms with E-state index in [1.54, 1.807) is 0 Å². The van der Waals surface area contributed by atoms with Gasteiger partial charge in [0.25, 0.3) is 0 Å². The van der Waals surface area contributed by atoms with Crippen LogP contribution in [0.1, 0.15) is 32.1 Å². The highest BCUT2D eigenvalue weighted by molar-refractivity contribution is 5.74. The van der Waals surface area contributed by atoms with Crippen LogP contribution in [0.5, 0.6) is 0 Å². The lowest BCUT2D eigenvalue weighted by molar-refractivity contribution is 0.208. The molecule has 1 heterocycles. The molecule has 0 aliphatic carbocycles. The van der Waals surface area contributed by atoms with Gasteiger partial charge in [-0.2, -0.15) is 0 Å².